The molecule has 3 rings (SSSR count). The van der Waals surface area contributed by atoms with Crippen LogP contribution >= 0.6 is 23.2 Å². The lowest BCUT2D eigenvalue weighted by Gasteiger charge is -2.12. The Bertz CT molecular complexity index is 969. The summed E-state index contributed by atoms with van der Waals surface area (Å²) in [7, 11) is 0. The van der Waals surface area contributed by atoms with Gasteiger partial charge in [-0.25, -0.2) is 4.98 Å². The molecule has 1 amide bonds. The minimum absolute atomic E-state index is 0.0655. The number of fused-ring (bicyclic) bond motifs is 1. The highest BCUT2D eigenvalue weighted by Gasteiger charge is 2.13. The maximum atomic E-state index is 11.9. The van der Waals surface area contributed by atoms with Crippen molar-refractivity contribution in [1.29, 1.82) is 0 Å². The number of nitrogens with zero attached hydrogens (tertiary/aromatic N) is 2. The van der Waals surface area contributed by atoms with E-state index in [0.29, 0.717) is 42.4 Å². The van der Waals surface area contributed by atoms with E-state index in [9.17, 15) is 9.90 Å². The molecule has 0 saturated carbocycles. The molecule has 0 aliphatic carbocycles. The molecule has 3 aromatic rings. The number of aromatic nitrogens is 2. The molecule has 0 unspecified atom stereocenters. The third-order valence-electron chi connectivity index (χ3n) is 4.54. The molecule has 28 heavy (non-hydrogen) atoms. The van der Waals surface area contributed by atoms with E-state index in [4.69, 9.17) is 28.2 Å². The molecule has 1 aromatic heterocycles. The minimum Gasteiger partial charge on any atom is -0.393 e. The minimum atomic E-state index is -0.473. The predicted molar refractivity (Wildman–Crippen MR) is 113 cm³/mol. The number of hydrogen-bond donors (Lipinski definition) is 2. The molecule has 2 aromatic carbocycles. The van der Waals surface area contributed by atoms with E-state index >= 15 is 0 Å². The molecule has 148 valence electrons. The van der Waals surface area contributed by atoms with Gasteiger partial charge in [0.15, 0.2) is 0 Å². The van der Waals surface area contributed by atoms with Crippen LogP contribution in [-0.4, -0.2) is 33.2 Å². The standard InChI is InChI=1S/C21H23Cl2N3O2/c1-14(27)6-9-21(28)24-11-10-20-25-18-4-2-3-5-19(18)26(20)13-15-7-8-16(22)12-17(15)23/h2-5,7-8,12,14,27H,6,9-11,13H2,1H3,(H,24,28)/t14-/m1/s1. The number of hydrogen-bond acceptors (Lipinski definition) is 3. The SMILES string of the molecule is C[C@@H](O)CCC(=O)NCCc1nc2ccccc2n1Cc1ccc(Cl)cc1Cl. The Morgan fingerprint density at radius 3 is 2.79 bits per heavy atom. The average molecular weight is 420 g/mol. The highest BCUT2D eigenvalue weighted by atomic mass is 35.5. The van der Waals surface area contributed by atoms with Crippen molar-refractivity contribution in [2.45, 2.75) is 38.8 Å². The maximum absolute atomic E-state index is 11.9. The van der Waals surface area contributed by atoms with E-state index < -0.39 is 6.10 Å². The Morgan fingerprint density at radius 1 is 1.25 bits per heavy atom. The van der Waals surface area contributed by atoms with Crippen molar-refractivity contribution in [3.8, 4) is 0 Å². The summed E-state index contributed by atoms with van der Waals surface area (Å²) in [5.41, 5.74) is 2.88. The van der Waals surface area contributed by atoms with Gasteiger partial charge in [-0.3, -0.25) is 4.79 Å². The Labute approximate surface area is 174 Å². The smallest absolute Gasteiger partial charge is 0.220 e. The van der Waals surface area contributed by atoms with Crippen LogP contribution in [0.1, 0.15) is 31.2 Å². The largest absolute Gasteiger partial charge is 0.393 e. The highest BCUT2D eigenvalue weighted by molar-refractivity contribution is 6.35. The predicted octanol–water partition coefficient (Wildman–Crippen LogP) is 4.21. The number of para-hydroxylation sites is 2. The third kappa shape index (κ3) is 5.25. The number of amides is 1. The summed E-state index contributed by atoms with van der Waals surface area (Å²) in [6.45, 7) is 2.73. The van der Waals surface area contributed by atoms with Gasteiger partial charge in [0.2, 0.25) is 5.91 Å². The van der Waals surface area contributed by atoms with E-state index in [1.165, 1.54) is 0 Å². The maximum Gasteiger partial charge on any atom is 0.220 e. The van der Waals surface area contributed by atoms with Crippen LogP contribution in [0, 0.1) is 0 Å². The van der Waals surface area contributed by atoms with Crippen LogP contribution in [0.25, 0.3) is 11.0 Å². The lowest BCUT2D eigenvalue weighted by Crippen LogP contribution is -2.27. The van der Waals surface area contributed by atoms with E-state index in [1.54, 1.807) is 13.0 Å². The fourth-order valence-electron chi connectivity index (χ4n) is 3.06. The lowest BCUT2D eigenvalue weighted by molar-refractivity contribution is -0.121. The topological polar surface area (TPSA) is 67.2 Å². The van der Waals surface area contributed by atoms with Gasteiger partial charge in [-0.15, -0.1) is 0 Å². The van der Waals surface area contributed by atoms with Gasteiger partial charge in [-0.05, 0) is 43.2 Å². The van der Waals surface area contributed by atoms with Crippen LogP contribution < -0.4 is 5.32 Å². The fraction of sp³-hybridized carbons (Fsp3) is 0.333. The number of benzene rings is 2. The summed E-state index contributed by atoms with van der Waals surface area (Å²) in [4.78, 5) is 16.6. The van der Waals surface area contributed by atoms with E-state index in [0.717, 1.165) is 22.4 Å². The molecule has 0 aliphatic heterocycles. The number of rotatable bonds is 8. The summed E-state index contributed by atoms with van der Waals surface area (Å²) in [5.74, 6) is 0.812. The molecule has 0 fully saturated rings. The Balaban J connectivity index is 1.76. The number of halogens is 2. The summed E-state index contributed by atoms with van der Waals surface area (Å²) in [6, 6.07) is 13.4. The molecule has 5 nitrogen and oxygen atoms in total. The number of imidazole rings is 1. The molecule has 1 heterocycles. The normalized spacial score (nSPS) is 12.3. The van der Waals surface area contributed by atoms with Gasteiger partial charge in [0, 0.05) is 29.4 Å². The zero-order chi connectivity index (χ0) is 20.1. The number of carbonyl (C=O) groups is 1. The average Bonchev–Trinajstić information content (AvgIpc) is 3.00. The quantitative estimate of drug-likeness (QED) is 0.574. The van der Waals surface area contributed by atoms with Gasteiger partial charge >= 0.3 is 0 Å². The number of aliphatic hydroxyl groups is 1. The summed E-state index contributed by atoms with van der Waals surface area (Å²) >= 11 is 12.4. The van der Waals surface area contributed by atoms with Gasteiger partial charge in [0.05, 0.1) is 23.7 Å². The molecule has 0 bridgehead atoms. The van der Waals surface area contributed by atoms with Crippen LogP contribution in [0.15, 0.2) is 42.5 Å². The van der Waals surface area contributed by atoms with Crippen LogP contribution in [0.5, 0.6) is 0 Å². The molecule has 0 spiro atoms. The van der Waals surface area contributed by atoms with Gasteiger partial charge < -0.3 is 15.0 Å². The summed E-state index contributed by atoms with van der Waals surface area (Å²) in [5, 5.41) is 13.4. The molecule has 2 N–H and O–H groups in total. The first-order chi connectivity index (χ1) is 13.4. The number of carbonyl (C=O) groups excluding carboxylic acids is 1. The second-order valence-electron chi connectivity index (χ2n) is 6.83. The molecule has 7 heteroatoms. The number of nitrogens with one attached hydrogen (secondary N) is 1. The van der Waals surface area contributed by atoms with Crippen LogP contribution in [0.3, 0.4) is 0 Å². The van der Waals surface area contributed by atoms with Crippen molar-refractivity contribution in [3.63, 3.8) is 0 Å². The Morgan fingerprint density at radius 2 is 2.04 bits per heavy atom. The zero-order valence-corrected chi connectivity index (χ0v) is 17.2. The molecular formula is C21H23Cl2N3O2. The van der Waals surface area contributed by atoms with Gasteiger partial charge in [-0.1, -0.05) is 41.4 Å². The highest BCUT2D eigenvalue weighted by Crippen LogP contribution is 2.24. The fourth-order valence-corrected chi connectivity index (χ4v) is 3.52. The Kier molecular flexibility index (Phi) is 6.94. The second kappa shape index (κ2) is 9.41. The van der Waals surface area contributed by atoms with Crippen molar-refractivity contribution < 1.29 is 9.90 Å². The Hall–Kier alpha value is -2.08. The van der Waals surface area contributed by atoms with E-state index in [2.05, 4.69) is 9.88 Å². The first kappa shape index (κ1) is 20.6. The van der Waals surface area contributed by atoms with Gasteiger partial charge in [0.25, 0.3) is 0 Å². The van der Waals surface area contributed by atoms with Crippen molar-refractivity contribution >= 4 is 40.1 Å². The van der Waals surface area contributed by atoms with Crippen LogP contribution in [0.4, 0.5) is 0 Å². The van der Waals surface area contributed by atoms with Gasteiger partial charge in [-0.2, -0.15) is 0 Å². The van der Waals surface area contributed by atoms with Crippen molar-refractivity contribution in [1.82, 2.24) is 14.9 Å². The first-order valence-electron chi connectivity index (χ1n) is 9.27. The van der Waals surface area contributed by atoms with Crippen molar-refractivity contribution in [2.75, 3.05) is 6.54 Å². The van der Waals surface area contributed by atoms with Gasteiger partial charge in [0.1, 0.15) is 5.82 Å². The number of aliphatic hydroxyl groups excluding tert-OH is 1. The zero-order valence-electron chi connectivity index (χ0n) is 15.7. The first-order valence-corrected chi connectivity index (χ1v) is 10.0. The monoisotopic (exact) mass is 419 g/mol. The lowest BCUT2D eigenvalue weighted by atomic mass is 10.2. The van der Waals surface area contributed by atoms with E-state index in [1.807, 2.05) is 36.4 Å². The third-order valence-corrected chi connectivity index (χ3v) is 5.12. The molecule has 0 aliphatic rings. The molecule has 0 saturated heterocycles. The molecule has 0 radical (unpaired) electrons. The molecular weight excluding hydrogens is 397 g/mol. The van der Waals surface area contributed by atoms with Crippen molar-refractivity contribution in [3.05, 3.63) is 63.9 Å². The molecule has 1 atom stereocenters. The van der Waals surface area contributed by atoms with Crippen molar-refractivity contribution in [2.24, 2.45) is 0 Å². The van der Waals surface area contributed by atoms with E-state index in [-0.39, 0.29) is 5.91 Å². The summed E-state index contributed by atoms with van der Waals surface area (Å²) < 4.78 is 2.12. The summed E-state index contributed by atoms with van der Waals surface area (Å²) in [6.07, 6.45) is 0.896. The second-order valence-corrected chi connectivity index (χ2v) is 7.67. The van der Waals surface area contributed by atoms with Crippen LogP contribution in [-0.2, 0) is 17.8 Å². The van der Waals surface area contributed by atoms with Crippen LogP contribution in [0.2, 0.25) is 10.0 Å².